The number of H-pyrrole nitrogens is 1. The van der Waals surface area contributed by atoms with Crippen molar-refractivity contribution in [3.05, 3.63) is 33.1 Å². The molecule has 4 atom stereocenters. The van der Waals surface area contributed by atoms with Crippen LogP contribution >= 0.6 is 0 Å². The highest BCUT2D eigenvalue weighted by molar-refractivity contribution is 4.93. The quantitative estimate of drug-likeness (QED) is 0.567. The Balaban J connectivity index is 2.44. The van der Waals surface area contributed by atoms with Gasteiger partial charge in [0.1, 0.15) is 18.3 Å². The van der Waals surface area contributed by atoms with E-state index in [0.29, 0.717) is 0 Å². The third kappa shape index (κ3) is 1.99. The van der Waals surface area contributed by atoms with E-state index in [1.165, 1.54) is 13.3 Å². The van der Waals surface area contributed by atoms with E-state index in [-0.39, 0.29) is 0 Å². The number of hydrogen-bond acceptors (Lipinski definition) is 6. The van der Waals surface area contributed by atoms with Crippen LogP contribution < -0.4 is 11.2 Å². The first-order valence-corrected chi connectivity index (χ1v) is 5.37. The molecule has 1 aromatic rings. The largest absolute Gasteiger partial charge is 0.394 e. The van der Waals surface area contributed by atoms with E-state index < -0.39 is 42.4 Å². The molecule has 1 saturated heterocycles. The zero-order valence-electron chi connectivity index (χ0n) is 9.65. The predicted octanol–water partition coefficient (Wildman–Crippen LogP) is -2.20. The molecule has 0 saturated carbocycles. The maximum atomic E-state index is 11.7. The number of aliphatic hydroxyl groups is 2. The van der Waals surface area contributed by atoms with Gasteiger partial charge in [0.25, 0.3) is 5.56 Å². The summed E-state index contributed by atoms with van der Waals surface area (Å²) < 4.78 is 11.1. The van der Waals surface area contributed by atoms with Crippen molar-refractivity contribution in [2.45, 2.75) is 24.5 Å². The van der Waals surface area contributed by atoms with Crippen molar-refractivity contribution in [3.8, 4) is 0 Å². The SMILES string of the molecule is COC1C(O)[C@@H](CO)O[C@H]1n1c(=O)cc[nH]c1=O. The van der Waals surface area contributed by atoms with Crippen LogP contribution in [0.3, 0.4) is 0 Å². The number of aliphatic hydroxyl groups excluding tert-OH is 2. The van der Waals surface area contributed by atoms with E-state index >= 15 is 0 Å². The van der Waals surface area contributed by atoms with Gasteiger partial charge in [-0.1, -0.05) is 0 Å². The predicted molar refractivity (Wildman–Crippen MR) is 59.1 cm³/mol. The summed E-state index contributed by atoms with van der Waals surface area (Å²) in [6.45, 7) is -0.434. The summed E-state index contributed by atoms with van der Waals surface area (Å²) in [5.41, 5.74) is -1.24. The van der Waals surface area contributed by atoms with E-state index in [1.54, 1.807) is 0 Å². The number of aromatic amines is 1. The molecule has 0 aromatic carbocycles. The van der Waals surface area contributed by atoms with Crippen molar-refractivity contribution < 1.29 is 19.7 Å². The van der Waals surface area contributed by atoms with Gasteiger partial charge in [-0.05, 0) is 0 Å². The summed E-state index contributed by atoms with van der Waals surface area (Å²) in [6, 6.07) is 1.16. The molecule has 8 heteroatoms. The Morgan fingerprint density at radius 2 is 2.28 bits per heavy atom. The lowest BCUT2D eigenvalue weighted by Crippen LogP contribution is -2.42. The Bertz CT molecular complexity index is 495. The summed E-state index contributed by atoms with van der Waals surface area (Å²) in [4.78, 5) is 25.6. The van der Waals surface area contributed by atoms with Crippen LogP contribution in [0.25, 0.3) is 0 Å². The van der Waals surface area contributed by atoms with Gasteiger partial charge in [0.05, 0.1) is 6.61 Å². The highest BCUT2D eigenvalue weighted by atomic mass is 16.6. The molecule has 2 rings (SSSR count). The van der Waals surface area contributed by atoms with Crippen LogP contribution in [-0.4, -0.2) is 51.8 Å². The molecule has 100 valence electrons. The van der Waals surface area contributed by atoms with Crippen molar-refractivity contribution in [2.24, 2.45) is 0 Å². The smallest absolute Gasteiger partial charge is 0.330 e. The fraction of sp³-hybridized carbons (Fsp3) is 0.600. The molecule has 0 bridgehead atoms. The van der Waals surface area contributed by atoms with Gasteiger partial charge in [0.2, 0.25) is 0 Å². The van der Waals surface area contributed by atoms with Crippen molar-refractivity contribution in [2.75, 3.05) is 13.7 Å². The van der Waals surface area contributed by atoms with E-state index in [9.17, 15) is 14.7 Å². The van der Waals surface area contributed by atoms with Gasteiger partial charge in [-0.25, -0.2) is 9.36 Å². The number of methoxy groups -OCH3 is 1. The van der Waals surface area contributed by atoms with Crippen LogP contribution in [0.15, 0.2) is 21.9 Å². The first-order chi connectivity index (χ1) is 8.60. The Hall–Kier alpha value is -1.48. The van der Waals surface area contributed by atoms with Crippen molar-refractivity contribution in [3.63, 3.8) is 0 Å². The van der Waals surface area contributed by atoms with Gasteiger partial charge in [-0.3, -0.25) is 4.79 Å². The van der Waals surface area contributed by atoms with E-state index in [2.05, 4.69) is 4.98 Å². The molecule has 3 N–H and O–H groups in total. The first kappa shape index (κ1) is 13.0. The van der Waals surface area contributed by atoms with Gasteiger partial charge in [-0.2, -0.15) is 0 Å². The molecule has 0 aliphatic carbocycles. The van der Waals surface area contributed by atoms with E-state index in [1.807, 2.05) is 0 Å². The minimum atomic E-state index is -1.11. The highest BCUT2D eigenvalue weighted by Gasteiger charge is 2.45. The van der Waals surface area contributed by atoms with Crippen molar-refractivity contribution in [1.29, 1.82) is 0 Å². The molecular weight excluding hydrogens is 244 g/mol. The minimum absolute atomic E-state index is 0.434. The molecule has 1 aliphatic heterocycles. The molecular formula is C10H14N2O6. The number of nitrogens with one attached hydrogen (secondary N) is 1. The lowest BCUT2D eigenvalue weighted by molar-refractivity contribution is -0.0640. The second-order valence-corrected chi connectivity index (χ2v) is 3.93. The number of nitrogens with zero attached hydrogens (tertiary/aromatic N) is 1. The van der Waals surface area contributed by atoms with Crippen LogP contribution in [0.2, 0.25) is 0 Å². The molecule has 0 amide bonds. The van der Waals surface area contributed by atoms with Crippen LogP contribution in [0, 0.1) is 0 Å². The number of aromatic nitrogens is 2. The summed E-state index contributed by atoms with van der Waals surface area (Å²) >= 11 is 0. The molecule has 1 aromatic heterocycles. The molecule has 2 unspecified atom stereocenters. The number of ether oxygens (including phenoxy) is 2. The molecule has 2 heterocycles. The maximum absolute atomic E-state index is 11.7. The van der Waals surface area contributed by atoms with Gasteiger partial charge < -0.3 is 24.7 Å². The van der Waals surface area contributed by atoms with Crippen molar-refractivity contribution in [1.82, 2.24) is 9.55 Å². The fourth-order valence-electron chi connectivity index (χ4n) is 2.01. The lowest BCUT2D eigenvalue weighted by Gasteiger charge is -2.19. The highest BCUT2D eigenvalue weighted by Crippen LogP contribution is 2.29. The normalized spacial score (nSPS) is 31.7. The Morgan fingerprint density at radius 3 is 2.83 bits per heavy atom. The third-order valence-corrected chi connectivity index (χ3v) is 2.91. The second kappa shape index (κ2) is 5.02. The molecule has 18 heavy (non-hydrogen) atoms. The maximum Gasteiger partial charge on any atom is 0.330 e. The van der Waals surface area contributed by atoms with Crippen LogP contribution in [0.1, 0.15) is 6.23 Å². The second-order valence-electron chi connectivity index (χ2n) is 3.93. The monoisotopic (exact) mass is 258 g/mol. The van der Waals surface area contributed by atoms with Crippen LogP contribution in [0.4, 0.5) is 0 Å². The van der Waals surface area contributed by atoms with E-state index in [0.717, 1.165) is 10.6 Å². The average molecular weight is 258 g/mol. The van der Waals surface area contributed by atoms with Crippen LogP contribution in [-0.2, 0) is 9.47 Å². The van der Waals surface area contributed by atoms with Crippen LogP contribution in [0.5, 0.6) is 0 Å². The van der Waals surface area contributed by atoms with Gasteiger partial charge in [0, 0.05) is 19.4 Å². The fourth-order valence-corrected chi connectivity index (χ4v) is 2.01. The minimum Gasteiger partial charge on any atom is -0.394 e. The third-order valence-electron chi connectivity index (χ3n) is 2.91. The zero-order valence-corrected chi connectivity index (χ0v) is 9.65. The van der Waals surface area contributed by atoms with Gasteiger partial charge in [-0.15, -0.1) is 0 Å². The average Bonchev–Trinajstić information content (AvgIpc) is 2.65. The number of hydrogen-bond donors (Lipinski definition) is 3. The Labute approximate surface area is 101 Å². The summed E-state index contributed by atoms with van der Waals surface area (Å²) in [5.74, 6) is 0. The Morgan fingerprint density at radius 1 is 1.56 bits per heavy atom. The Kier molecular flexibility index (Phi) is 3.62. The molecule has 8 nitrogen and oxygen atoms in total. The number of rotatable bonds is 3. The van der Waals surface area contributed by atoms with Crippen molar-refractivity contribution >= 4 is 0 Å². The summed E-state index contributed by atoms with van der Waals surface area (Å²) in [7, 11) is 1.33. The van der Waals surface area contributed by atoms with Gasteiger partial charge >= 0.3 is 5.69 Å². The van der Waals surface area contributed by atoms with E-state index in [4.69, 9.17) is 14.6 Å². The molecule has 0 spiro atoms. The molecule has 1 aliphatic rings. The zero-order chi connectivity index (χ0) is 13.3. The lowest BCUT2D eigenvalue weighted by atomic mass is 10.1. The van der Waals surface area contributed by atoms with Gasteiger partial charge in [0.15, 0.2) is 6.23 Å². The molecule has 1 fully saturated rings. The molecule has 0 radical (unpaired) electrons. The first-order valence-electron chi connectivity index (χ1n) is 5.37. The standard InChI is InChI=1S/C10H14N2O6/c1-17-8-7(15)5(4-13)18-9(8)12-6(14)2-3-11-10(12)16/h2-3,5,7-9,13,15H,4H2,1H3,(H,11,16)/t5-,7?,8?,9-/m1/s1. The topological polar surface area (TPSA) is 114 Å². The summed E-state index contributed by atoms with van der Waals surface area (Å²) in [5, 5.41) is 18.9. The summed E-state index contributed by atoms with van der Waals surface area (Å²) in [6.07, 6.45) is -2.76.